The van der Waals surface area contributed by atoms with Gasteiger partial charge in [-0.3, -0.25) is 4.79 Å². The zero-order chi connectivity index (χ0) is 14.7. The number of fused-ring (bicyclic) bond motifs is 1. The Labute approximate surface area is 123 Å². The minimum atomic E-state index is -0.135. The predicted molar refractivity (Wildman–Crippen MR) is 80.7 cm³/mol. The van der Waals surface area contributed by atoms with Crippen LogP contribution in [0.5, 0.6) is 5.75 Å². The van der Waals surface area contributed by atoms with Crippen LogP contribution in [-0.2, 0) is 6.42 Å². The van der Waals surface area contributed by atoms with E-state index in [2.05, 4.69) is 21.7 Å². The van der Waals surface area contributed by atoms with Crippen LogP contribution in [0.1, 0.15) is 15.9 Å². The van der Waals surface area contributed by atoms with Gasteiger partial charge >= 0.3 is 0 Å². The van der Waals surface area contributed by atoms with Crippen molar-refractivity contribution in [3.63, 3.8) is 0 Å². The first-order valence-corrected chi connectivity index (χ1v) is 6.93. The van der Waals surface area contributed by atoms with E-state index in [0.717, 1.165) is 18.0 Å². The summed E-state index contributed by atoms with van der Waals surface area (Å²) in [5, 5.41) is 5.81. The molecule has 2 heterocycles. The van der Waals surface area contributed by atoms with Crippen molar-refractivity contribution in [1.82, 2.24) is 10.3 Å². The average molecular weight is 283 g/mol. The minimum absolute atomic E-state index is 0.00380. The molecule has 0 aliphatic carbocycles. The van der Waals surface area contributed by atoms with Gasteiger partial charge in [-0.25, -0.2) is 4.98 Å². The summed E-state index contributed by atoms with van der Waals surface area (Å²) in [5.74, 6) is 1.52. The van der Waals surface area contributed by atoms with Crippen molar-refractivity contribution < 1.29 is 9.53 Å². The maximum absolute atomic E-state index is 12.0. The number of para-hydroxylation sites is 1. The lowest BCUT2D eigenvalue weighted by Gasteiger charge is -2.12. The number of hydrogen-bond donors (Lipinski definition) is 2. The smallest absolute Gasteiger partial charge is 0.252 e. The molecule has 1 aromatic heterocycles. The Bertz CT molecular complexity index is 615. The first kappa shape index (κ1) is 13.4. The number of aromatic nitrogens is 1. The van der Waals surface area contributed by atoms with E-state index in [4.69, 9.17) is 4.74 Å². The molecular formula is C16H17N3O2. The van der Waals surface area contributed by atoms with Gasteiger partial charge in [0.25, 0.3) is 5.91 Å². The fraction of sp³-hybridized carbons (Fsp3) is 0.250. The van der Waals surface area contributed by atoms with Crippen LogP contribution < -0.4 is 15.4 Å². The molecule has 1 amide bonds. The molecule has 0 spiro atoms. The molecule has 0 saturated carbocycles. The van der Waals surface area contributed by atoms with E-state index in [-0.39, 0.29) is 12.0 Å². The third-order valence-electron chi connectivity index (χ3n) is 3.49. The van der Waals surface area contributed by atoms with Crippen LogP contribution in [0.15, 0.2) is 42.6 Å². The number of hydrogen-bond acceptors (Lipinski definition) is 4. The SMILES string of the molecule is CNc1ccc(C(=O)NCC2Cc3ccccc3O2)cn1. The van der Waals surface area contributed by atoms with Crippen LogP contribution in [0.2, 0.25) is 0 Å². The quantitative estimate of drug-likeness (QED) is 0.899. The van der Waals surface area contributed by atoms with Gasteiger partial charge in [0.2, 0.25) is 0 Å². The summed E-state index contributed by atoms with van der Waals surface area (Å²) in [7, 11) is 1.79. The topological polar surface area (TPSA) is 63.2 Å². The Morgan fingerprint density at radius 1 is 1.33 bits per heavy atom. The van der Waals surface area contributed by atoms with Gasteiger partial charge in [0.05, 0.1) is 12.1 Å². The summed E-state index contributed by atoms with van der Waals surface area (Å²) in [5.41, 5.74) is 1.74. The number of carbonyl (C=O) groups excluding carboxylic acids is 1. The summed E-state index contributed by atoms with van der Waals surface area (Å²) >= 11 is 0. The number of anilines is 1. The molecule has 3 rings (SSSR count). The van der Waals surface area contributed by atoms with Crippen LogP contribution in [0.3, 0.4) is 0 Å². The Morgan fingerprint density at radius 2 is 2.19 bits per heavy atom. The lowest BCUT2D eigenvalue weighted by molar-refractivity contribution is 0.0933. The van der Waals surface area contributed by atoms with Crippen molar-refractivity contribution in [3.8, 4) is 5.75 Å². The highest BCUT2D eigenvalue weighted by Crippen LogP contribution is 2.27. The zero-order valence-electron chi connectivity index (χ0n) is 11.8. The molecule has 21 heavy (non-hydrogen) atoms. The fourth-order valence-corrected chi connectivity index (χ4v) is 2.35. The van der Waals surface area contributed by atoms with Gasteiger partial charge in [-0.1, -0.05) is 18.2 Å². The second kappa shape index (κ2) is 5.83. The molecule has 0 bridgehead atoms. The van der Waals surface area contributed by atoms with E-state index in [1.165, 1.54) is 5.56 Å². The largest absolute Gasteiger partial charge is 0.488 e. The highest BCUT2D eigenvalue weighted by Gasteiger charge is 2.22. The number of benzene rings is 1. The maximum atomic E-state index is 12.0. The van der Waals surface area contributed by atoms with E-state index in [0.29, 0.717) is 12.1 Å². The number of pyridine rings is 1. The molecular weight excluding hydrogens is 266 g/mol. The van der Waals surface area contributed by atoms with E-state index in [1.54, 1.807) is 25.4 Å². The lowest BCUT2D eigenvalue weighted by Crippen LogP contribution is -2.34. The summed E-state index contributed by atoms with van der Waals surface area (Å²) in [6.45, 7) is 0.487. The van der Waals surface area contributed by atoms with Crippen molar-refractivity contribution in [2.24, 2.45) is 0 Å². The van der Waals surface area contributed by atoms with Crippen LogP contribution in [0.4, 0.5) is 5.82 Å². The number of carbonyl (C=O) groups is 1. The van der Waals surface area contributed by atoms with Crippen molar-refractivity contribution in [1.29, 1.82) is 0 Å². The molecule has 1 unspecified atom stereocenters. The van der Waals surface area contributed by atoms with Crippen LogP contribution in [0, 0.1) is 0 Å². The van der Waals surface area contributed by atoms with E-state index < -0.39 is 0 Å². The molecule has 1 aliphatic rings. The first-order chi connectivity index (χ1) is 10.3. The Hall–Kier alpha value is -2.56. The number of ether oxygens (including phenoxy) is 1. The van der Waals surface area contributed by atoms with Crippen molar-refractivity contribution in [2.45, 2.75) is 12.5 Å². The highest BCUT2D eigenvalue weighted by atomic mass is 16.5. The minimum Gasteiger partial charge on any atom is -0.488 e. The zero-order valence-corrected chi connectivity index (χ0v) is 11.8. The number of nitrogens with one attached hydrogen (secondary N) is 2. The molecule has 0 fully saturated rings. The van der Waals surface area contributed by atoms with Crippen molar-refractivity contribution >= 4 is 11.7 Å². The van der Waals surface area contributed by atoms with Gasteiger partial charge in [0.15, 0.2) is 0 Å². The molecule has 2 aromatic rings. The van der Waals surface area contributed by atoms with Gasteiger partial charge < -0.3 is 15.4 Å². The molecule has 0 saturated heterocycles. The Kier molecular flexibility index (Phi) is 3.73. The van der Waals surface area contributed by atoms with Gasteiger partial charge in [-0.05, 0) is 23.8 Å². The molecule has 1 atom stereocenters. The van der Waals surface area contributed by atoms with Crippen molar-refractivity contribution in [3.05, 3.63) is 53.7 Å². The van der Waals surface area contributed by atoms with E-state index in [1.807, 2.05) is 18.2 Å². The molecule has 1 aromatic carbocycles. The van der Waals surface area contributed by atoms with E-state index in [9.17, 15) is 4.79 Å². The summed E-state index contributed by atoms with van der Waals surface area (Å²) in [6, 6.07) is 11.5. The van der Waals surface area contributed by atoms with Gasteiger partial charge in [-0.15, -0.1) is 0 Å². The first-order valence-electron chi connectivity index (χ1n) is 6.93. The fourth-order valence-electron chi connectivity index (χ4n) is 2.35. The van der Waals surface area contributed by atoms with E-state index >= 15 is 0 Å². The van der Waals surface area contributed by atoms with Gasteiger partial charge in [0, 0.05) is 19.7 Å². The molecule has 2 N–H and O–H groups in total. The normalized spacial score (nSPS) is 16.0. The molecule has 5 nitrogen and oxygen atoms in total. The number of amides is 1. The Morgan fingerprint density at radius 3 is 2.90 bits per heavy atom. The molecule has 0 radical (unpaired) electrons. The van der Waals surface area contributed by atoms with Crippen LogP contribution >= 0.6 is 0 Å². The van der Waals surface area contributed by atoms with Crippen LogP contribution in [-0.4, -0.2) is 30.6 Å². The summed E-state index contributed by atoms with van der Waals surface area (Å²) in [4.78, 5) is 16.2. The summed E-state index contributed by atoms with van der Waals surface area (Å²) in [6.07, 6.45) is 2.38. The number of rotatable bonds is 4. The molecule has 1 aliphatic heterocycles. The predicted octanol–water partition coefficient (Wildman–Crippen LogP) is 1.86. The highest BCUT2D eigenvalue weighted by molar-refractivity contribution is 5.94. The lowest BCUT2D eigenvalue weighted by atomic mass is 10.1. The molecule has 108 valence electrons. The third kappa shape index (κ3) is 2.97. The average Bonchev–Trinajstić information content (AvgIpc) is 2.95. The summed E-state index contributed by atoms with van der Waals surface area (Å²) < 4.78 is 5.79. The standard InChI is InChI=1S/C16H17N3O2/c1-17-15-7-6-12(9-18-15)16(20)19-10-13-8-11-4-2-3-5-14(11)21-13/h2-7,9,13H,8,10H2,1H3,(H,17,18)(H,19,20). The third-order valence-corrected chi connectivity index (χ3v) is 3.49. The van der Waals surface area contributed by atoms with Crippen molar-refractivity contribution in [2.75, 3.05) is 18.9 Å². The van der Waals surface area contributed by atoms with Gasteiger partial charge in [0.1, 0.15) is 17.7 Å². The van der Waals surface area contributed by atoms with Crippen LogP contribution in [0.25, 0.3) is 0 Å². The number of nitrogens with zero attached hydrogens (tertiary/aromatic N) is 1. The monoisotopic (exact) mass is 283 g/mol. The second-order valence-electron chi connectivity index (χ2n) is 4.94. The second-order valence-corrected chi connectivity index (χ2v) is 4.94. The van der Waals surface area contributed by atoms with Gasteiger partial charge in [-0.2, -0.15) is 0 Å². The maximum Gasteiger partial charge on any atom is 0.252 e. The Balaban J connectivity index is 1.55. The molecule has 5 heteroatoms.